The Bertz CT molecular complexity index is 1300. The first-order chi connectivity index (χ1) is 17.6. The first kappa shape index (κ1) is 25.4. The monoisotopic (exact) mass is 518 g/mol. The molecule has 1 aromatic carbocycles. The van der Waals surface area contributed by atoms with Gasteiger partial charge in [0.15, 0.2) is 5.65 Å². The average molecular weight is 519 g/mol. The van der Waals surface area contributed by atoms with Gasteiger partial charge in [-0.3, -0.25) is 4.79 Å². The van der Waals surface area contributed by atoms with Crippen LogP contribution in [0.25, 0.3) is 5.65 Å². The molecule has 7 nitrogen and oxygen atoms in total. The van der Waals surface area contributed by atoms with Crippen molar-refractivity contribution in [2.45, 2.75) is 56.8 Å². The third-order valence-electron chi connectivity index (χ3n) is 8.00. The van der Waals surface area contributed by atoms with Crippen LogP contribution >= 0.6 is 0 Å². The SMILES string of the molecule is C[C@@H](NC(=O)c1cc(N2CCC3(CCCCN3C)CC2)c2ncnn2c1)c1cccc(C(F)(F)F)c1F. The first-order valence-corrected chi connectivity index (χ1v) is 12.6. The molecule has 2 aliphatic rings. The van der Waals surface area contributed by atoms with Gasteiger partial charge in [0.25, 0.3) is 5.91 Å². The normalized spacial score (nSPS) is 19.4. The molecule has 0 unspecified atom stereocenters. The van der Waals surface area contributed by atoms with Crippen molar-refractivity contribution in [3.8, 4) is 0 Å². The van der Waals surface area contributed by atoms with E-state index in [4.69, 9.17) is 0 Å². The second kappa shape index (κ2) is 9.59. The van der Waals surface area contributed by atoms with E-state index in [1.165, 1.54) is 49.3 Å². The highest BCUT2D eigenvalue weighted by atomic mass is 19.4. The van der Waals surface area contributed by atoms with E-state index >= 15 is 0 Å². The summed E-state index contributed by atoms with van der Waals surface area (Å²) in [5, 5.41) is 6.85. The summed E-state index contributed by atoms with van der Waals surface area (Å²) in [6.07, 6.45) is 3.78. The van der Waals surface area contributed by atoms with Gasteiger partial charge in [0.1, 0.15) is 12.1 Å². The van der Waals surface area contributed by atoms with Gasteiger partial charge < -0.3 is 15.1 Å². The van der Waals surface area contributed by atoms with Crippen LogP contribution in [0.3, 0.4) is 0 Å². The van der Waals surface area contributed by atoms with Crippen LogP contribution < -0.4 is 10.2 Å². The predicted molar refractivity (Wildman–Crippen MR) is 131 cm³/mol. The van der Waals surface area contributed by atoms with Crippen molar-refractivity contribution in [3.05, 3.63) is 59.3 Å². The van der Waals surface area contributed by atoms with Crippen molar-refractivity contribution in [2.75, 3.05) is 31.6 Å². The predicted octanol–water partition coefficient (Wildman–Crippen LogP) is 4.83. The zero-order valence-corrected chi connectivity index (χ0v) is 20.9. The third-order valence-corrected chi connectivity index (χ3v) is 8.00. The van der Waals surface area contributed by atoms with E-state index in [9.17, 15) is 22.4 Å². The molecule has 2 aromatic heterocycles. The number of anilines is 1. The number of benzene rings is 1. The Morgan fingerprint density at radius 1 is 1.14 bits per heavy atom. The number of nitrogens with one attached hydrogen (secondary N) is 1. The van der Waals surface area contributed by atoms with E-state index in [1.54, 1.807) is 6.07 Å². The number of alkyl halides is 3. The summed E-state index contributed by atoms with van der Waals surface area (Å²) in [5.41, 5.74) is 0.283. The Labute approximate surface area is 212 Å². The van der Waals surface area contributed by atoms with Crippen molar-refractivity contribution in [3.63, 3.8) is 0 Å². The Morgan fingerprint density at radius 2 is 1.89 bits per heavy atom. The quantitative estimate of drug-likeness (QED) is 0.501. The molecule has 198 valence electrons. The van der Waals surface area contributed by atoms with Gasteiger partial charge in [-0.2, -0.15) is 18.3 Å². The van der Waals surface area contributed by atoms with Crippen molar-refractivity contribution in [2.24, 2.45) is 0 Å². The van der Waals surface area contributed by atoms with Gasteiger partial charge in [-0.1, -0.05) is 18.6 Å². The van der Waals surface area contributed by atoms with Crippen LogP contribution in [0, 0.1) is 5.82 Å². The zero-order chi connectivity index (χ0) is 26.4. The molecule has 3 aromatic rings. The van der Waals surface area contributed by atoms with Gasteiger partial charge in [-0.15, -0.1) is 0 Å². The minimum absolute atomic E-state index is 0.206. The number of rotatable bonds is 4. The number of fused-ring (bicyclic) bond motifs is 1. The van der Waals surface area contributed by atoms with Crippen LogP contribution in [0.1, 0.15) is 66.6 Å². The van der Waals surface area contributed by atoms with E-state index in [0.29, 0.717) is 11.7 Å². The number of hydrogen-bond acceptors (Lipinski definition) is 5. The van der Waals surface area contributed by atoms with Crippen LogP contribution in [0.5, 0.6) is 0 Å². The Hall–Kier alpha value is -3.21. The number of piperidine rings is 2. The zero-order valence-electron chi connectivity index (χ0n) is 20.9. The van der Waals surface area contributed by atoms with Gasteiger partial charge in [-0.25, -0.2) is 13.9 Å². The van der Waals surface area contributed by atoms with E-state index in [2.05, 4.69) is 32.2 Å². The number of carbonyl (C=O) groups is 1. The largest absolute Gasteiger partial charge is 0.419 e. The molecular weight excluding hydrogens is 488 g/mol. The molecule has 0 radical (unpaired) electrons. The highest BCUT2D eigenvalue weighted by Gasteiger charge is 2.40. The van der Waals surface area contributed by atoms with E-state index in [-0.39, 0.29) is 16.7 Å². The lowest BCUT2D eigenvalue weighted by molar-refractivity contribution is -0.140. The lowest BCUT2D eigenvalue weighted by Gasteiger charge is -2.50. The summed E-state index contributed by atoms with van der Waals surface area (Å²) < 4.78 is 55.6. The molecule has 4 heterocycles. The third kappa shape index (κ3) is 4.76. The maximum atomic E-state index is 14.6. The molecule has 2 fully saturated rings. The molecule has 11 heteroatoms. The number of likely N-dealkylation sites (tertiary alicyclic amines) is 1. The average Bonchev–Trinajstić information content (AvgIpc) is 3.34. The molecule has 1 spiro atoms. The van der Waals surface area contributed by atoms with Crippen LogP contribution in [-0.4, -0.2) is 57.6 Å². The second-order valence-corrected chi connectivity index (χ2v) is 10.1. The number of hydrogen-bond donors (Lipinski definition) is 1. The Balaban J connectivity index is 1.37. The van der Waals surface area contributed by atoms with Gasteiger partial charge in [0.05, 0.1) is 22.9 Å². The first-order valence-electron chi connectivity index (χ1n) is 12.6. The van der Waals surface area contributed by atoms with E-state index in [1.807, 2.05) is 0 Å². The van der Waals surface area contributed by atoms with Crippen molar-refractivity contribution >= 4 is 17.2 Å². The molecule has 5 rings (SSSR count). The molecular formula is C26H30F4N6O. The second-order valence-electron chi connectivity index (χ2n) is 10.1. The fourth-order valence-electron chi connectivity index (χ4n) is 5.75. The van der Waals surface area contributed by atoms with Crippen LogP contribution in [-0.2, 0) is 6.18 Å². The molecule has 0 bridgehead atoms. The smallest absolute Gasteiger partial charge is 0.368 e. The Morgan fingerprint density at radius 3 is 2.59 bits per heavy atom. The number of carbonyl (C=O) groups excluding carboxylic acids is 1. The van der Waals surface area contributed by atoms with E-state index in [0.717, 1.165) is 44.2 Å². The van der Waals surface area contributed by atoms with Crippen LogP contribution in [0.15, 0.2) is 36.8 Å². The van der Waals surface area contributed by atoms with Crippen molar-refractivity contribution in [1.29, 1.82) is 0 Å². The molecule has 2 saturated heterocycles. The Kier molecular flexibility index (Phi) is 6.59. The maximum Gasteiger partial charge on any atom is 0.419 e. The number of aromatic nitrogens is 3. The summed E-state index contributed by atoms with van der Waals surface area (Å²) >= 11 is 0. The summed E-state index contributed by atoms with van der Waals surface area (Å²) in [7, 11) is 2.20. The van der Waals surface area contributed by atoms with Crippen LogP contribution in [0.2, 0.25) is 0 Å². The summed E-state index contributed by atoms with van der Waals surface area (Å²) in [5.74, 6) is -1.92. The molecule has 0 saturated carbocycles. The molecule has 1 atom stereocenters. The van der Waals surface area contributed by atoms with Gasteiger partial charge in [0.2, 0.25) is 0 Å². The number of nitrogens with zero attached hydrogens (tertiary/aromatic N) is 5. The summed E-state index contributed by atoms with van der Waals surface area (Å²) in [6.45, 7) is 4.18. The van der Waals surface area contributed by atoms with Gasteiger partial charge in [-0.05, 0) is 58.3 Å². The standard InChI is InChI=1S/C26H30F4N6O/c1-17(19-6-5-7-20(22(19)27)26(28,29)30)33-24(37)18-14-21(23-31-16-32-36(23)15-18)35-12-9-25(10-13-35)8-3-4-11-34(25)2/h5-7,14-17H,3-4,8-13H2,1-2H3,(H,33,37)/t17-/m1/s1. The van der Waals surface area contributed by atoms with Gasteiger partial charge in [0, 0.05) is 30.4 Å². The molecule has 1 amide bonds. The minimum atomic E-state index is -4.82. The minimum Gasteiger partial charge on any atom is -0.368 e. The van der Waals surface area contributed by atoms with Crippen molar-refractivity contribution < 1.29 is 22.4 Å². The number of amides is 1. The maximum absolute atomic E-state index is 14.6. The summed E-state index contributed by atoms with van der Waals surface area (Å²) in [4.78, 5) is 22.2. The molecule has 37 heavy (non-hydrogen) atoms. The van der Waals surface area contributed by atoms with Crippen molar-refractivity contribution in [1.82, 2.24) is 24.8 Å². The molecule has 2 aliphatic heterocycles. The molecule has 0 aliphatic carbocycles. The topological polar surface area (TPSA) is 65.8 Å². The van der Waals surface area contributed by atoms with E-state index < -0.39 is 29.5 Å². The molecule has 1 N–H and O–H groups in total. The number of pyridine rings is 1. The van der Waals surface area contributed by atoms with Crippen LogP contribution in [0.4, 0.5) is 23.2 Å². The fraction of sp³-hybridized carbons (Fsp3) is 0.500. The van der Waals surface area contributed by atoms with Gasteiger partial charge >= 0.3 is 6.18 Å². The summed E-state index contributed by atoms with van der Waals surface area (Å²) in [6, 6.07) is 3.81. The lowest BCUT2D eigenvalue weighted by Crippen LogP contribution is -2.56. The highest BCUT2D eigenvalue weighted by Crippen LogP contribution is 2.38. The highest BCUT2D eigenvalue weighted by molar-refractivity contribution is 5.96. The lowest BCUT2D eigenvalue weighted by atomic mass is 9.79. The fourth-order valence-corrected chi connectivity index (χ4v) is 5.75. The number of halogens is 4.